The first-order valence-electron chi connectivity index (χ1n) is 10.6. The highest BCUT2D eigenvalue weighted by atomic mass is 16.4. The minimum absolute atomic E-state index is 0.312. The van der Waals surface area contributed by atoms with Gasteiger partial charge in [-0.1, -0.05) is 74.4 Å². The van der Waals surface area contributed by atoms with Crippen molar-refractivity contribution in [2.45, 2.75) is 52.5 Å². The van der Waals surface area contributed by atoms with E-state index in [1.165, 1.54) is 12.8 Å². The van der Waals surface area contributed by atoms with Crippen LogP contribution < -0.4 is 0 Å². The lowest BCUT2D eigenvalue weighted by Crippen LogP contribution is -2.07. The van der Waals surface area contributed by atoms with Gasteiger partial charge >= 0.3 is 5.97 Å². The molecule has 0 radical (unpaired) electrons. The van der Waals surface area contributed by atoms with Crippen LogP contribution in [0.15, 0.2) is 60.7 Å². The average Bonchev–Trinajstić information content (AvgIpc) is 3.14. The molecule has 3 aromatic rings. The third-order valence-electron chi connectivity index (χ3n) is 5.09. The third-order valence-corrected chi connectivity index (χ3v) is 5.09. The van der Waals surface area contributed by atoms with Gasteiger partial charge in [-0.3, -0.25) is 0 Å². The van der Waals surface area contributed by atoms with Crippen molar-refractivity contribution in [3.05, 3.63) is 83.5 Å². The molecular formula is C25H29N3O2. The summed E-state index contributed by atoms with van der Waals surface area (Å²) >= 11 is 0. The second-order valence-electron chi connectivity index (χ2n) is 7.38. The summed E-state index contributed by atoms with van der Waals surface area (Å²) in [4.78, 5) is 16.2. The number of rotatable bonds is 10. The van der Waals surface area contributed by atoms with Gasteiger partial charge in [-0.2, -0.15) is 5.10 Å². The monoisotopic (exact) mass is 403 g/mol. The maximum atomic E-state index is 11.5. The summed E-state index contributed by atoms with van der Waals surface area (Å²) in [5.41, 5.74) is 3.04. The topological polar surface area (TPSA) is 68.0 Å². The molecule has 0 aliphatic rings. The van der Waals surface area contributed by atoms with Crippen molar-refractivity contribution in [2.75, 3.05) is 0 Å². The van der Waals surface area contributed by atoms with Gasteiger partial charge in [0.2, 0.25) is 0 Å². The van der Waals surface area contributed by atoms with Gasteiger partial charge < -0.3 is 5.11 Å². The third kappa shape index (κ3) is 5.44. The number of aromatic nitrogens is 3. The molecule has 2 aromatic carbocycles. The zero-order chi connectivity index (χ0) is 21.3. The van der Waals surface area contributed by atoms with Crippen LogP contribution in [0.4, 0.5) is 0 Å². The number of hydrogen-bond donors (Lipinski definition) is 1. The minimum Gasteiger partial charge on any atom is -0.478 e. The Kier molecular flexibility index (Phi) is 7.55. The van der Waals surface area contributed by atoms with Crippen molar-refractivity contribution in [3.63, 3.8) is 0 Å². The summed E-state index contributed by atoms with van der Waals surface area (Å²) < 4.78 is 1.99. The Bertz CT molecular complexity index is 1000. The second kappa shape index (κ2) is 10.5. The molecule has 30 heavy (non-hydrogen) atoms. The molecule has 1 heterocycles. The molecule has 1 aromatic heterocycles. The van der Waals surface area contributed by atoms with Crippen LogP contribution in [0.3, 0.4) is 0 Å². The van der Waals surface area contributed by atoms with Gasteiger partial charge in [-0.15, -0.1) is 0 Å². The molecule has 0 bridgehead atoms. The van der Waals surface area contributed by atoms with Crippen LogP contribution in [-0.4, -0.2) is 25.8 Å². The maximum Gasteiger partial charge on any atom is 0.336 e. The molecule has 1 N–H and O–H groups in total. The fraction of sp³-hybridized carbons (Fsp3) is 0.320. The first-order chi connectivity index (χ1) is 14.6. The number of unbranched alkanes of at least 4 members (excludes halogenated alkanes) is 2. The highest BCUT2D eigenvalue weighted by Crippen LogP contribution is 2.24. The number of benzene rings is 2. The second-order valence-corrected chi connectivity index (χ2v) is 7.38. The van der Waals surface area contributed by atoms with E-state index in [2.05, 4.69) is 13.0 Å². The predicted molar refractivity (Wildman–Crippen MR) is 120 cm³/mol. The minimum atomic E-state index is -0.915. The Morgan fingerprint density at radius 1 is 1.10 bits per heavy atom. The summed E-state index contributed by atoms with van der Waals surface area (Å²) in [7, 11) is 0. The van der Waals surface area contributed by atoms with Gasteiger partial charge in [0.15, 0.2) is 5.82 Å². The standard InChI is InChI=1S/C25H29N3O2/c1-3-5-7-12-23-26-24(13-6-4-2)28(27-23)18-19-14-16-20(17-15-19)21-10-8-9-11-22(21)25(29)30/h4,6,8-11,14-17H,3,5,7,12-13,18H2,1-2H3,(H,29,30). The van der Waals surface area contributed by atoms with E-state index in [4.69, 9.17) is 10.1 Å². The molecule has 0 aliphatic carbocycles. The van der Waals surface area contributed by atoms with Gasteiger partial charge in [0.1, 0.15) is 5.82 Å². The summed E-state index contributed by atoms with van der Waals surface area (Å²) in [5, 5.41) is 14.2. The molecule has 0 unspecified atom stereocenters. The number of nitrogens with zero attached hydrogens (tertiary/aromatic N) is 3. The Balaban J connectivity index is 1.80. The maximum absolute atomic E-state index is 11.5. The van der Waals surface area contributed by atoms with Crippen LogP contribution in [-0.2, 0) is 19.4 Å². The normalized spacial score (nSPS) is 11.3. The van der Waals surface area contributed by atoms with E-state index < -0.39 is 5.97 Å². The SMILES string of the molecule is CC=CCc1nc(CCCCC)nn1Cc1ccc(-c2ccccc2C(=O)O)cc1. The Morgan fingerprint density at radius 2 is 1.87 bits per heavy atom. The van der Waals surface area contributed by atoms with Gasteiger partial charge in [0.05, 0.1) is 12.1 Å². The first kappa shape index (κ1) is 21.5. The van der Waals surface area contributed by atoms with Crippen molar-refractivity contribution in [1.29, 1.82) is 0 Å². The lowest BCUT2D eigenvalue weighted by atomic mass is 9.99. The molecule has 0 amide bonds. The molecule has 0 saturated heterocycles. The van der Waals surface area contributed by atoms with E-state index in [0.717, 1.165) is 47.6 Å². The molecule has 0 spiro atoms. The highest BCUT2D eigenvalue weighted by molar-refractivity contribution is 5.95. The van der Waals surface area contributed by atoms with Crippen molar-refractivity contribution in [3.8, 4) is 11.1 Å². The van der Waals surface area contributed by atoms with Crippen molar-refractivity contribution < 1.29 is 9.90 Å². The molecule has 156 valence electrons. The molecule has 0 atom stereocenters. The summed E-state index contributed by atoms with van der Waals surface area (Å²) in [6.07, 6.45) is 9.30. The number of carbonyl (C=O) groups is 1. The van der Waals surface area contributed by atoms with Crippen LogP contribution in [0.2, 0.25) is 0 Å². The van der Waals surface area contributed by atoms with Crippen molar-refractivity contribution in [1.82, 2.24) is 14.8 Å². The Labute approximate surface area is 178 Å². The van der Waals surface area contributed by atoms with Crippen molar-refractivity contribution in [2.24, 2.45) is 0 Å². The molecule has 0 aliphatic heterocycles. The van der Waals surface area contributed by atoms with Gasteiger partial charge in [-0.25, -0.2) is 14.5 Å². The van der Waals surface area contributed by atoms with E-state index in [-0.39, 0.29) is 0 Å². The number of carboxylic acids is 1. The lowest BCUT2D eigenvalue weighted by Gasteiger charge is -2.09. The Morgan fingerprint density at radius 3 is 2.57 bits per heavy atom. The molecule has 0 saturated carbocycles. The van der Waals surface area contributed by atoms with E-state index in [9.17, 15) is 9.90 Å². The van der Waals surface area contributed by atoms with Crippen LogP contribution in [0.5, 0.6) is 0 Å². The van der Waals surface area contributed by atoms with Crippen LogP contribution in [0, 0.1) is 0 Å². The molecule has 3 rings (SSSR count). The molecule has 5 heteroatoms. The molecule has 0 fully saturated rings. The molecular weight excluding hydrogens is 374 g/mol. The smallest absolute Gasteiger partial charge is 0.336 e. The van der Waals surface area contributed by atoms with E-state index >= 15 is 0 Å². The predicted octanol–water partition coefficient (Wildman–Crippen LogP) is 5.54. The van der Waals surface area contributed by atoms with Crippen LogP contribution in [0.25, 0.3) is 11.1 Å². The number of hydrogen-bond acceptors (Lipinski definition) is 3. The Hall–Kier alpha value is -3.21. The van der Waals surface area contributed by atoms with Crippen LogP contribution >= 0.6 is 0 Å². The fourth-order valence-electron chi connectivity index (χ4n) is 3.45. The van der Waals surface area contributed by atoms with Crippen LogP contribution in [0.1, 0.15) is 60.7 Å². The van der Waals surface area contributed by atoms with E-state index in [0.29, 0.717) is 12.1 Å². The molecule has 5 nitrogen and oxygen atoms in total. The van der Waals surface area contributed by atoms with Crippen molar-refractivity contribution >= 4 is 5.97 Å². The summed E-state index contributed by atoms with van der Waals surface area (Å²) in [6, 6.07) is 15.1. The number of aryl methyl sites for hydroxylation is 1. The number of allylic oxidation sites excluding steroid dienone is 2. The summed E-state index contributed by atoms with van der Waals surface area (Å²) in [5.74, 6) is 0.969. The van der Waals surface area contributed by atoms with Gasteiger partial charge in [0.25, 0.3) is 0 Å². The van der Waals surface area contributed by atoms with E-state index in [1.807, 2.05) is 54.1 Å². The quantitative estimate of drug-likeness (QED) is 0.356. The number of carboxylic acid groups (broad SMARTS) is 1. The zero-order valence-corrected chi connectivity index (χ0v) is 17.7. The summed E-state index contributed by atoms with van der Waals surface area (Å²) in [6.45, 7) is 4.85. The van der Waals surface area contributed by atoms with Gasteiger partial charge in [-0.05, 0) is 36.1 Å². The number of aromatic carboxylic acids is 1. The average molecular weight is 404 g/mol. The zero-order valence-electron chi connectivity index (χ0n) is 17.7. The van der Waals surface area contributed by atoms with E-state index in [1.54, 1.807) is 12.1 Å². The highest BCUT2D eigenvalue weighted by Gasteiger charge is 2.12. The fourth-order valence-corrected chi connectivity index (χ4v) is 3.45. The largest absolute Gasteiger partial charge is 0.478 e. The lowest BCUT2D eigenvalue weighted by molar-refractivity contribution is 0.0697. The first-order valence-corrected chi connectivity index (χ1v) is 10.6. The van der Waals surface area contributed by atoms with Gasteiger partial charge in [0, 0.05) is 12.8 Å².